The van der Waals surface area contributed by atoms with Crippen LogP contribution in [0, 0.1) is 11.3 Å². The van der Waals surface area contributed by atoms with Gasteiger partial charge in [-0.25, -0.2) is 0 Å². The largest absolute Gasteiger partial charge is 0.435 e. The van der Waals surface area contributed by atoms with Gasteiger partial charge in [0, 0.05) is 13.0 Å². The Morgan fingerprint density at radius 1 is 1.25 bits per heavy atom. The normalized spacial score (nSPS) is 7.80. The quantitative estimate of drug-likeness (QED) is 0.356. The summed E-state index contributed by atoms with van der Waals surface area (Å²) in [5, 5.41) is 7.51. The Morgan fingerprint density at radius 2 is 1.80 bits per heavy atom. The van der Waals surface area contributed by atoms with Crippen molar-refractivity contribution in [1.29, 1.82) is 5.26 Å². The molecule has 0 aromatic heterocycles. The van der Waals surface area contributed by atoms with E-state index in [4.69, 9.17) is 5.26 Å². The highest BCUT2D eigenvalue weighted by Gasteiger charge is 1.80. The van der Waals surface area contributed by atoms with E-state index in [1.54, 1.807) is 12.1 Å². The third-order valence-corrected chi connectivity index (χ3v) is 1.58. The lowest BCUT2D eigenvalue weighted by Crippen LogP contribution is -1.88. The molecule has 0 fully saturated rings. The van der Waals surface area contributed by atoms with Crippen molar-refractivity contribution in [3.63, 3.8) is 0 Å². The van der Waals surface area contributed by atoms with Crippen molar-refractivity contribution >= 4 is 12.0 Å². The number of ether oxygens (including phenoxy) is 1. The molecule has 0 spiro atoms. The number of hydrogen-bond donors (Lipinski definition) is 0. The molecule has 20 heavy (non-hydrogen) atoms. The Bertz CT molecular complexity index is 468. The zero-order valence-electron chi connectivity index (χ0n) is 11.7. The summed E-state index contributed by atoms with van der Waals surface area (Å²) in [6, 6.07) is 11.7. The third kappa shape index (κ3) is 17.5. The molecule has 0 heterocycles. The summed E-state index contributed by atoms with van der Waals surface area (Å²) in [5.74, 6) is -0.317. The van der Waals surface area contributed by atoms with Crippen molar-refractivity contribution in [2.75, 3.05) is 0 Å². The summed E-state index contributed by atoms with van der Waals surface area (Å²) >= 11 is 0. The van der Waals surface area contributed by atoms with E-state index in [0.29, 0.717) is 0 Å². The minimum atomic E-state index is -0.317. The Hall–Kier alpha value is -2.86. The average Bonchev–Trinajstić information content (AvgIpc) is 2.49. The summed E-state index contributed by atoms with van der Waals surface area (Å²) in [6.45, 7) is 11.5. The van der Waals surface area contributed by atoms with E-state index in [0.717, 1.165) is 0 Å². The van der Waals surface area contributed by atoms with Gasteiger partial charge in [0.2, 0.25) is 0 Å². The molecule has 0 N–H and O–H groups in total. The second kappa shape index (κ2) is 16.1. The monoisotopic (exact) mass is 269 g/mol. The number of hydrogen-bond acceptors (Lipinski definition) is 3. The van der Waals surface area contributed by atoms with Gasteiger partial charge in [-0.3, -0.25) is 4.79 Å². The van der Waals surface area contributed by atoms with Crippen molar-refractivity contribution in [3.05, 3.63) is 80.1 Å². The fourth-order valence-corrected chi connectivity index (χ4v) is 0.780. The first kappa shape index (κ1) is 19.5. The molecule has 0 radical (unpaired) electrons. The molecule has 0 amide bonds. The molecule has 0 aliphatic heterocycles. The molecule has 1 aromatic rings. The second-order valence-electron chi connectivity index (χ2n) is 3.12. The van der Waals surface area contributed by atoms with Gasteiger partial charge in [-0.2, -0.15) is 5.26 Å². The molecule has 0 saturated carbocycles. The zero-order valence-corrected chi connectivity index (χ0v) is 11.7. The number of nitrogens with zero attached hydrogens (tertiary/aromatic N) is 1. The summed E-state index contributed by atoms with van der Waals surface area (Å²) < 4.78 is 4.39. The molecule has 0 bridgehead atoms. The molecule has 1 rings (SSSR count). The maximum atomic E-state index is 10.0. The minimum absolute atomic E-state index is 0.317. The number of carbonyl (C=O) groups is 1. The first-order valence-electron chi connectivity index (χ1n) is 5.75. The van der Waals surface area contributed by atoms with Crippen LogP contribution in [0.5, 0.6) is 0 Å². The standard InChI is InChI=1S/C8H8.C6H8O2.C3H3N/c1-2-8-6-4-3-5-7-8;1-3-4-5-8-6(2)7;1-2-3-4/h2-7H,1H2;3-5H,1H2,2H3;2H,1H2. The molecule has 1 aromatic carbocycles. The van der Waals surface area contributed by atoms with Gasteiger partial charge in [0.25, 0.3) is 0 Å². The molecular weight excluding hydrogens is 250 g/mol. The van der Waals surface area contributed by atoms with E-state index in [1.807, 2.05) is 36.4 Å². The van der Waals surface area contributed by atoms with Gasteiger partial charge < -0.3 is 4.74 Å². The van der Waals surface area contributed by atoms with Crippen LogP contribution in [0.1, 0.15) is 12.5 Å². The van der Waals surface area contributed by atoms with Crippen LogP contribution >= 0.6 is 0 Å². The summed E-state index contributed by atoms with van der Waals surface area (Å²) in [5.41, 5.74) is 1.17. The van der Waals surface area contributed by atoms with Gasteiger partial charge in [0.1, 0.15) is 0 Å². The lowest BCUT2D eigenvalue weighted by atomic mass is 10.2. The van der Waals surface area contributed by atoms with Gasteiger partial charge in [-0.15, -0.1) is 0 Å². The van der Waals surface area contributed by atoms with Crippen molar-refractivity contribution in [1.82, 2.24) is 0 Å². The van der Waals surface area contributed by atoms with E-state index < -0.39 is 0 Å². The SMILES string of the molecule is C=CC#N.C=CC=COC(C)=O.C=Cc1ccccc1. The van der Waals surface area contributed by atoms with E-state index in [1.165, 1.54) is 30.9 Å². The van der Waals surface area contributed by atoms with Crippen LogP contribution in [0.15, 0.2) is 74.6 Å². The van der Waals surface area contributed by atoms with Crippen molar-refractivity contribution in [2.45, 2.75) is 6.92 Å². The van der Waals surface area contributed by atoms with E-state index in [-0.39, 0.29) is 5.97 Å². The van der Waals surface area contributed by atoms with Crippen LogP contribution < -0.4 is 0 Å². The van der Waals surface area contributed by atoms with Gasteiger partial charge in [-0.05, 0) is 11.6 Å². The number of rotatable bonds is 3. The van der Waals surface area contributed by atoms with Gasteiger partial charge >= 0.3 is 5.97 Å². The summed E-state index contributed by atoms with van der Waals surface area (Å²) in [4.78, 5) is 10.0. The van der Waals surface area contributed by atoms with Crippen LogP contribution in [-0.2, 0) is 9.53 Å². The van der Waals surface area contributed by atoms with Crippen molar-refractivity contribution in [2.24, 2.45) is 0 Å². The van der Waals surface area contributed by atoms with Crippen LogP contribution in [0.3, 0.4) is 0 Å². The van der Waals surface area contributed by atoms with Crippen LogP contribution in [0.25, 0.3) is 6.08 Å². The first-order chi connectivity index (χ1) is 9.62. The maximum Gasteiger partial charge on any atom is 0.307 e. The summed E-state index contributed by atoms with van der Waals surface area (Å²) in [7, 11) is 0. The van der Waals surface area contributed by atoms with E-state index in [9.17, 15) is 4.79 Å². The van der Waals surface area contributed by atoms with Gasteiger partial charge in [0.05, 0.1) is 12.3 Å². The Morgan fingerprint density at radius 3 is 2.10 bits per heavy atom. The average molecular weight is 269 g/mol. The number of allylic oxidation sites excluding steroid dienone is 3. The minimum Gasteiger partial charge on any atom is -0.435 e. The zero-order chi connectivity index (χ0) is 15.6. The first-order valence-corrected chi connectivity index (χ1v) is 5.75. The fraction of sp³-hybridized carbons (Fsp3) is 0.0588. The number of benzene rings is 1. The van der Waals surface area contributed by atoms with Crippen molar-refractivity contribution in [3.8, 4) is 6.07 Å². The topological polar surface area (TPSA) is 50.1 Å². The Kier molecular flexibility index (Phi) is 15.7. The maximum absolute atomic E-state index is 10.0. The number of esters is 1. The number of carbonyl (C=O) groups excluding carboxylic acids is 1. The predicted molar refractivity (Wildman–Crippen MR) is 83.4 cm³/mol. The number of nitriles is 1. The molecule has 104 valence electrons. The van der Waals surface area contributed by atoms with E-state index >= 15 is 0 Å². The third-order valence-electron chi connectivity index (χ3n) is 1.58. The molecule has 0 unspecified atom stereocenters. The van der Waals surface area contributed by atoms with Crippen LogP contribution in [-0.4, -0.2) is 5.97 Å². The summed E-state index contributed by atoms with van der Waals surface area (Å²) in [6.07, 6.45) is 7.37. The molecule has 0 aliphatic carbocycles. The Balaban J connectivity index is 0. The lowest BCUT2D eigenvalue weighted by Gasteiger charge is -1.85. The van der Waals surface area contributed by atoms with Crippen LogP contribution in [0.4, 0.5) is 0 Å². The molecule has 0 saturated heterocycles. The predicted octanol–water partition coefficient (Wildman–Crippen LogP) is 4.27. The Labute approximate surface area is 120 Å². The molecular formula is C17H19NO2. The van der Waals surface area contributed by atoms with Gasteiger partial charge in [0.15, 0.2) is 0 Å². The van der Waals surface area contributed by atoms with Crippen molar-refractivity contribution < 1.29 is 9.53 Å². The van der Waals surface area contributed by atoms with E-state index in [2.05, 4.69) is 24.5 Å². The molecule has 3 heteroatoms. The fourth-order valence-electron chi connectivity index (χ4n) is 0.780. The highest BCUT2D eigenvalue weighted by Crippen LogP contribution is 1.97. The van der Waals surface area contributed by atoms with Crippen LogP contribution in [0.2, 0.25) is 0 Å². The highest BCUT2D eigenvalue weighted by atomic mass is 16.5. The van der Waals surface area contributed by atoms with Gasteiger partial charge in [-0.1, -0.05) is 62.2 Å². The molecule has 0 atom stereocenters. The molecule has 0 aliphatic rings. The lowest BCUT2D eigenvalue weighted by molar-refractivity contribution is -0.135. The highest BCUT2D eigenvalue weighted by molar-refractivity contribution is 5.66. The second-order valence-corrected chi connectivity index (χ2v) is 3.12. The smallest absolute Gasteiger partial charge is 0.307 e. The molecule has 3 nitrogen and oxygen atoms in total.